The van der Waals surface area contributed by atoms with Gasteiger partial charge in [0.2, 0.25) is 0 Å². The molecule has 5 aliphatic carbocycles. The number of fused-ring (bicyclic) bond motifs is 7. The molecule has 7 nitrogen and oxygen atoms in total. The molecule has 4 saturated carbocycles. The topological polar surface area (TPSA) is 113 Å². The third-order valence-corrected chi connectivity index (χ3v) is 15.7. The molecule has 7 heteroatoms. The molecule has 3 N–H and O–H groups in total. The van der Waals surface area contributed by atoms with Crippen molar-refractivity contribution in [3.8, 4) is 0 Å². The van der Waals surface area contributed by atoms with E-state index in [4.69, 9.17) is 9.47 Å². The van der Waals surface area contributed by atoms with Crippen molar-refractivity contribution >= 4 is 11.9 Å². The van der Waals surface area contributed by atoms with Crippen molar-refractivity contribution in [1.82, 2.24) is 0 Å². The van der Waals surface area contributed by atoms with E-state index in [1.54, 1.807) is 33.8 Å². The van der Waals surface area contributed by atoms with Gasteiger partial charge in [0, 0.05) is 16.4 Å². The molecule has 3 unspecified atom stereocenters. The first kappa shape index (κ1) is 36.6. The molecule has 0 aromatic rings. The molecule has 12 atom stereocenters. The highest BCUT2D eigenvalue weighted by Gasteiger charge is 2.76. The van der Waals surface area contributed by atoms with E-state index in [0.717, 1.165) is 31.3 Å². The molecule has 0 saturated heterocycles. The summed E-state index contributed by atoms with van der Waals surface area (Å²) in [6, 6.07) is 0. The second-order valence-corrected chi connectivity index (χ2v) is 18.6. The highest BCUT2D eigenvalue weighted by Crippen LogP contribution is 2.76. The predicted octanol–water partition coefficient (Wildman–Crippen LogP) is 7.02. The summed E-state index contributed by atoms with van der Waals surface area (Å²) in [5, 5.41) is 36.7. The van der Waals surface area contributed by atoms with E-state index < -0.39 is 71.0 Å². The minimum Gasteiger partial charge on any atom is -0.457 e. The van der Waals surface area contributed by atoms with Crippen molar-refractivity contribution < 1.29 is 34.4 Å². The molecule has 0 spiro atoms. The van der Waals surface area contributed by atoms with Crippen molar-refractivity contribution in [2.75, 3.05) is 6.61 Å². The van der Waals surface area contributed by atoms with Gasteiger partial charge < -0.3 is 24.8 Å². The van der Waals surface area contributed by atoms with Crippen LogP contribution in [0.3, 0.4) is 0 Å². The smallest absolute Gasteiger partial charge is 0.333 e. The maximum Gasteiger partial charge on any atom is 0.333 e. The summed E-state index contributed by atoms with van der Waals surface area (Å²) in [5.74, 6) is -0.367. The van der Waals surface area contributed by atoms with Crippen LogP contribution < -0.4 is 0 Å². The minimum absolute atomic E-state index is 0.0926. The summed E-state index contributed by atoms with van der Waals surface area (Å²) in [4.78, 5) is 26.6. The first-order chi connectivity index (χ1) is 21.6. The molecule has 5 aliphatic rings. The summed E-state index contributed by atoms with van der Waals surface area (Å²) in [6.45, 7) is 24.7. The lowest BCUT2D eigenvalue weighted by atomic mass is 9.32. The Morgan fingerprint density at radius 1 is 0.957 bits per heavy atom. The van der Waals surface area contributed by atoms with E-state index >= 15 is 0 Å². The Labute approximate surface area is 283 Å². The van der Waals surface area contributed by atoms with Crippen LogP contribution in [-0.4, -0.2) is 58.3 Å². The molecular weight excluding hydrogens is 592 g/mol. The lowest BCUT2D eigenvalue weighted by molar-refractivity contribution is -0.292. The van der Waals surface area contributed by atoms with E-state index in [0.29, 0.717) is 29.7 Å². The molecule has 5 rings (SSSR count). The number of aliphatic hydroxyl groups excluding tert-OH is 3. The van der Waals surface area contributed by atoms with Crippen LogP contribution >= 0.6 is 0 Å². The molecule has 0 bridgehead atoms. The lowest BCUT2D eigenvalue weighted by Gasteiger charge is -2.73. The van der Waals surface area contributed by atoms with Crippen LogP contribution in [0.4, 0.5) is 0 Å². The third-order valence-electron chi connectivity index (χ3n) is 15.7. The maximum atomic E-state index is 13.4. The van der Waals surface area contributed by atoms with E-state index in [1.807, 2.05) is 13.8 Å². The Balaban J connectivity index is 1.68. The van der Waals surface area contributed by atoms with Gasteiger partial charge in [0.05, 0.1) is 30.1 Å². The van der Waals surface area contributed by atoms with E-state index in [9.17, 15) is 24.9 Å². The van der Waals surface area contributed by atoms with Gasteiger partial charge in [-0.1, -0.05) is 87.0 Å². The van der Waals surface area contributed by atoms with Crippen LogP contribution in [-0.2, 0) is 19.1 Å². The molecule has 0 heterocycles. The number of hydrogen-bond acceptors (Lipinski definition) is 7. The summed E-state index contributed by atoms with van der Waals surface area (Å²) in [5.41, 5.74) is -1.43. The average Bonchev–Trinajstić information content (AvgIpc) is 2.99. The second-order valence-electron chi connectivity index (χ2n) is 18.6. The van der Waals surface area contributed by atoms with Crippen LogP contribution in [0, 0.1) is 62.1 Å². The highest BCUT2D eigenvalue weighted by atomic mass is 16.6. The molecule has 47 heavy (non-hydrogen) atoms. The Bertz CT molecular complexity index is 1330. The number of ether oxygens (including phenoxy) is 2. The zero-order chi connectivity index (χ0) is 35.3. The fourth-order valence-corrected chi connectivity index (χ4v) is 12.1. The fourth-order valence-electron chi connectivity index (χ4n) is 12.1. The van der Waals surface area contributed by atoms with Crippen molar-refractivity contribution in [1.29, 1.82) is 0 Å². The molecule has 0 amide bonds. The second kappa shape index (κ2) is 11.7. The quantitative estimate of drug-likeness (QED) is 0.166. The third kappa shape index (κ3) is 4.82. The number of esters is 2. The van der Waals surface area contributed by atoms with E-state index in [1.165, 1.54) is 6.42 Å². The zero-order valence-electron chi connectivity index (χ0n) is 31.3. The van der Waals surface area contributed by atoms with Gasteiger partial charge in [-0.05, 0) is 92.3 Å². The number of hydrogen-bond donors (Lipinski definition) is 3. The summed E-state index contributed by atoms with van der Waals surface area (Å²) < 4.78 is 12.4. The monoisotopic (exact) mass is 656 g/mol. The summed E-state index contributed by atoms with van der Waals surface area (Å²) in [7, 11) is 0. The van der Waals surface area contributed by atoms with Gasteiger partial charge in [-0.25, -0.2) is 4.79 Å². The normalized spacial score (nSPS) is 47.1. The molecule has 0 aliphatic heterocycles. The van der Waals surface area contributed by atoms with Crippen LogP contribution in [0.25, 0.3) is 0 Å². The standard InChI is InChI=1S/C40H64O7/c1-13-23(4)34(45)46-31-32(47-33(44)22(2)3)40(21-41)26(20-35(31,6)7)25-14-15-28-37(10)18-16-24(5)36(8,9)27(37)17-19-38(28,11)39(25,12)29(42)30(40)43/h13-14,22,24,26-32,41-43H,15-21H2,1-12H3/t24-,26?,27?,28?,29-,30+,31-,32-,37-,38+,39-,40-/m0/s1. The van der Waals surface area contributed by atoms with Crippen LogP contribution in [0.2, 0.25) is 0 Å². The molecule has 0 aromatic heterocycles. The average molecular weight is 657 g/mol. The number of aliphatic hydroxyl groups is 3. The van der Waals surface area contributed by atoms with Crippen molar-refractivity contribution in [2.24, 2.45) is 62.1 Å². The molecular formula is C40H64O7. The van der Waals surface area contributed by atoms with Gasteiger partial charge in [-0.15, -0.1) is 0 Å². The van der Waals surface area contributed by atoms with Crippen molar-refractivity contribution in [2.45, 2.75) is 146 Å². The Morgan fingerprint density at radius 3 is 2.17 bits per heavy atom. The van der Waals surface area contributed by atoms with Crippen LogP contribution in [0.1, 0.15) is 122 Å². The number of rotatable bonds is 5. The maximum absolute atomic E-state index is 13.4. The Morgan fingerprint density at radius 2 is 1.60 bits per heavy atom. The summed E-state index contributed by atoms with van der Waals surface area (Å²) >= 11 is 0. The highest BCUT2D eigenvalue weighted by molar-refractivity contribution is 5.87. The predicted molar refractivity (Wildman–Crippen MR) is 183 cm³/mol. The van der Waals surface area contributed by atoms with Crippen LogP contribution in [0.15, 0.2) is 23.3 Å². The van der Waals surface area contributed by atoms with Crippen molar-refractivity contribution in [3.05, 3.63) is 23.3 Å². The molecule has 0 aromatic carbocycles. The first-order valence-electron chi connectivity index (χ1n) is 18.3. The molecule has 266 valence electrons. The first-order valence-corrected chi connectivity index (χ1v) is 18.3. The van der Waals surface area contributed by atoms with Gasteiger partial charge in [0.1, 0.15) is 6.10 Å². The van der Waals surface area contributed by atoms with E-state index in [2.05, 4.69) is 47.6 Å². The van der Waals surface area contributed by atoms with E-state index in [-0.39, 0.29) is 16.2 Å². The lowest BCUT2D eigenvalue weighted by Crippen LogP contribution is -2.76. The van der Waals surface area contributed by atoms with Gasteiger partial charge in [0.25, 0.3) is 0 Å². The number of allylic oxidation sites excluding steroid dienone is 2. The van der Waals surface area contributed by atoms with Crippen molar-refractivity contribution in [3.63, 3.8) is 0 Å². The van der Waals surface area contributed by atoms with Gasteiger partial charge in [-0.3, -0.25) is 4.79 Å². The van der Waals surface area contributed by atoms with Crippen LogP contribution in [0.5, 0.6) is 0 Å². The SMILES string of the molecule is CC=C(C)C(=O)O[C@H]1[C@H](OC(=O)C(C)C)[C@@]2(CO)C(CC1(C)C)C1=CCC3[C@@]4(C)CC[C@H](C)C(C)(C)C4CC[C@@]3(C)[C@]1(C)[C@@H](O)[C@H]2O. The van der Waals surface area contributed by atoms with Gasteiger partial charge >= 0.3 is 11.9 Å². The summed E-state index contributed by atoms with van der Waals surface area (Å²) in [6.07, 6.45) is 4.97. The number of carbonyl (C=O) groups excluding carboxylic acids is 2. The largest absolute Gasteiger partial charge is 0.457 e. The Hall–Kier alpha value is -1.70. The molecule has 4 fully saturated rings. The zero-order valence-corrected chi connectivity index (χ0v) is 31.3. The fraction of sp³-hybridized carbons (Fsp3) is 0.850. The Kier molecular flexibility index (Phi) is 9.10. The number of carbonyl (C=O) groups is 2. The minimum atomic E-state index is -1.47. The van der Waals surface area contributed by atoms with Gasteiger partial charge in [0.15, 0.2) is 6.10 Å². The van der Waals surface area contributed by atoms with Gasteiger partial charge in [-0.2, -0.15) is 0 Å². The molecule has 0 radical (unpaired) electrons.